The van der Waals surface area contributed by atoms with E-state index in [1.54, 1.807) is 31.3 Å². The first-order valence-corrected chi connectivity index (χ1v) is 6.75. The topological polar surface area (TPSA) is 47.9 Å². The van der Waals surface area contributed by atoms with Crippen LogP contribution in [-0.2, 0) is 4.79 Å². The molecule has 0 aliphatic rings. The molecule has 4 heteroatoms. The van der Waals surface area contributed by atoms with E-state index >= 15 is 0 Å². The highest BCUT2D eigenvalue weighted by Gasteiger charge is 2.10. The van der Waals surface area contributed by atoms with Crippen LogP contribution in [0.25, 0.3) is 0 Å². The fourth-order valence-corrected chi connectivity index (χ4v) is 1.70. The minimum Gasteiger partial charge on any atom is -0.493 e. The molecule has 0 fully saturated rings. The first-order valence-electron chi connectivity index (χ1n) is 6.75. The summed E-state index contributed by atoms with van der Waals surface area (Å²) in [4.78, 5) is 15.9. The van der Waals surface area contributed by atoms with Crippen LogP contribution >= 0.6 is 0 Å². The number of ether oxygens (including phenoxy) is 2. The Kier molecular flexibility index (Phi) is 5.09. The minimum absolute atomic E-state index is 0.330. The molecule has 0 bridgehead atoms. The highest BCUT2D eigenvalue weighted by atomic mass is 16.6. The van der Waals surface area contributed by atoms with Crippen LogP contribution in [0.1, 0.15) is 12.5 Å². The van der Waals surface area contributed by atoms with E-state index in [1.807, 2.05) is 30.3 Å². The van der Waals surface area contributed by atoms with Gasteiger partial charge in [-0.3, -0.25) is 4.99 Å². The summed E-state index contributed by atoms with van der Waals surface area (Å²) < 4.78 is 10.5. The van der Waals surface area contributed by atoms with Gasteiger partial charge in [0.15, 0.2) is 11.5 Å². The van der Waals surface area contributed by atoms with Crippen LogP contribution < -0.4 is 9.47 Å². The molecule has 4 nitrogen and oxygen atoms in total. The van der Waals surface area contributed by atoms with Crippen molar-refractivity contribution in [3.63, 3.8) is 0 Å². The minimum atomic E-state index is -0.482. The Morgan fingerprint density at radius 1 is 1.14 bits per heavy atom. The highest BCUT2D eigenvalue weighted by Crippen LogP contribution is 2.28. The van der Waals surface area contributed by atoms with Crippen LogP contribution in [0.2, 0.25) is 0 Å². The molecule has 0 heterocycles. The van der Waals surface area contributed by atoms with Gasteiger partial charge < -0.3 is 9.47 Å². The van der Waals surface area contributed by atoms with Crippen molar-refractivity contribution in [2.75, 3.05) is 7.11 Å². The van der Waals surface area contributed by atoms with E-state index in [2.05, 4.69) is 11.6 Å². The number of aliphatic imine (C=N–C) groups is 1. The van der Waals surface area contributed by atoms with E-state index in [-0.39, 0.29) is 0 Å². The maximum Gasteiger partial charge on any atom is 0.338 e. The predicted molar refractivity (Wildman–Crippen MR) is 87.1 cm³/mol. The van der Waals surface area contributed by atoms with Gasteiger partial charge in [0.25, 0.3) is 0 Å². The first kappa shape index (κ1) is 15.5. The van der Waals surface area contributed by atoms with Crippen molar-refractivity contribution >= 4 is 17.9 Å². The number of methoxy groups -OCH3 is 1. The Balaban J connectivity index is 2.20. The molecule has 2 rings (SSSR count). The van der Waals surface area contributed by atoms with Crippen LogP contribution in [-0.4, -0.2) is 19.3 Å². The SMILES string of the molecule is C=C(C)C(=O)Oc1ccc(C=Nc2ccccc2)cc1OC. The maximum absolute atomic E-state index is 11.6. The molecule has 0 saturated carbocycles. The lowest BCUT2D eigenvalue weighted by Gasteiger charge is -2.09. The fraction of sp³-hybridized carbons (Fsp3) is 0.111. The number of carbonyl (C=O) groups excluding carboxylic acids is 1. The van der Waals surface area contributed by atoms with E-state index in [1.165, 1.54) is 7.11 Å². The summed E-state index contributed by atoms with van der Waals surface area (Å²) in [5.41, 5.74) is 2.03. The lowest BCUT2D eigenvalue weighted by molar-refractivity contribution is -0.130. The van der Waals surface area contributed by atoms with Gasteiger partial charge >= 0.3 is 5.97 Å². The number of para-hydroxylation sites is 1. The van der Waals surface area contributed by atoms with Gasteiger partial charge in [-0.1, -0.05) is 24.8 Å². The molecule has 0 radical (unpaired) electrons. The van der Waals surface area contributed by atoms with E-state index in [4.69, 9.17) is 9.47 Å². The lowest BCUT2D eigenvalue weighted by atomic mass is 10.2. The highest BCUT2D eigenvalue weighted by molar-refractivity contribution is 5.89. The van der Waals surface area contributed by atoms with Gasteiger partial charge in [0.05, 0.1) is 12.8 Å². The van der Waals surface area contributed by atoms with Gasteiger partial charge in [-0.2, -0.15) is 0 Å². The van der Waals surface area contributed by atoms with E-state index < -0.39 is 5.97 Å². The number of benzene rings is 2. The van der Waals surface area contributed by atoms with E-state index in [0.29, 0.717) is 17.1 Å². The van der Waals surface area contributed by atoms with Gasteiger partial charge in [-0.15, -0.1) is 0 Å². The molecular weight excluding hydrogens is 278 g/mol. The van der Waals surface area contributed by atoms with Gasteiger partial charge in [0.2, 0.25) is 0 Å². The van der Waals surface area contributed by atoms with Crippen molar-refractivity contribution in [2.45, 2.75) is 6.92 Å². The predicted octanol–water partition coefficient (Wildman–Crippen LogP) is 3.93. The smallest absolute Gasteiger partial charge is 0.338 e. The lowest BCUT2D eigenvalue weighted by Crippen LogP contribution is -2.09. The largest absolute Gasteiger partial charge is 0.493 e. The maximum atomic E-state index is 11.6. The molecule has 0 aliphatic heterocycles. The summed E-state index contributed by atoms with van der Waals surface area (Å²) in [6, 6.07) is 14.8. The summed E-state index contributed by atoms with van der Waals surface area (Å²) in [5.74, 6) is 0.336. The van der Waals surface area contributed by atoms with Crippen LogP contribution in [0.4, 0.5) is 5.69 Å². The van der Waals surface area contributed by atoms with E-state index in [0.717, 1.165) is 11.3 Å². The number of nitrogens with zero attached hydrogens (tertiary/aromatic N) is 1. The molecular formula is C18H17NO3. The number of esters is 1. The number of rotatable bonds is 5. The van der Waals surface area contributed by atoms with Gasteiger partial charge in [0, 0.05) is 11.8 Å². The summed E-state index contributed by atoms with van der Waals surface area (Å²) in [6.07, 6.45) is 1.72. The van der Waals surface area contributed by atoms with Crippen molar-refractivity contribution in [1.29, 1.82) is 0 Å². The zero-order valence-corrected chi connectivity index (χ0v) is 12.6. The van der Waals surface area contributed by atoms with Crippen molar-refractivity contribution in [3.05, 3.63) is 66.2 Å². The molecule has 0 spiro atoms. The second-order valence-electron chi connectivity index (χ2n) is 4.67. The standard InChI is InChI=1S/C18H17NO3/c1-13(2)18(20)22-16-10-9-14(11-17(16)21-3)12-19-15-7-5-4-6-8-15/h4-12H,1H2,2-3H3. The Morgan fingerprint density at radius 2 is 1.86 bits per heavy atom. The van der Waals surface area contributed by atoms with Crippen LogP contribution in [0, 0.1) is 0 Å². The normalized spacial score (nSPS) is 10.5. The van der Waals surface area contributed by atoms with Crippen molar-refractivity contribution in [1.82, 2.24) is 0 Å². The second kappa shape index (κ2) is 7.22. The molecule has 2 aromatic carbocycles. The molecule has 0 N–H and O–H groups in total. The fourth-order valence-electron chi connectivity index (χ4n) is 1.70. The third-order valence-corrected chi connectivity index (χ3v) is 2.86. The third kappa shape index (κ3) is 4.06. The number of hydrogen-bond acceptors (Lipinski definition) is 4. The average Bonchev–Trinajstić information content (AvgIpc) is 2.54. The zero-order valence-electron chi connectivity index (χ0n) is 12.6. The molecule has 0 aromatic heterocycles. The van der Waals surface area contributed by atoms with Gasteiger partial charge in [-0.25, -0.2) is 4.79 Å². The number of hydrogen-bond donors (Lipinski definition) is 0. The Hall–Kier alpha value is -2.88. The van der Waals surface area contributed by atoms with Crippen LogP contribution in [0.15, 0.2) is 65.7 Å². The van der Waals surface area contributed by atoms with Gasteiger partial charge in [-0.05, 0) is 42.8 Å². The second-order valence-corrected chi connectivity index (χ2v) is 4.67. The number of carbonyl (C=O) groups is 1. The van der Waals surface area contributed by atoms with Crippen molar-refractivity contribution < 1.29 is 14.3 Å². The summed E-state index contributed by atoms with van der Waals surface area (Å²) in [5, 5.41) is 0. The Bertz CT molecular complexity index is 706. The van der Waals surface area contributed by atoms with Crippen molar-refractivity contribution in [2.24, 2.45) is 4.99 Å². The van der Waals surface area contributed by atoms with Gasteiger partial charge in [0.1, 0.15) is 0 Å². The molecule has 0 saturated heterocycles. The first-order chi connectivity index (χ1) is 10.6. The van der Waals surface area contributed by atoms with Crippen LogP contribution in [0.5, 0.6) is 11.5 Å². The summed E-state index contributed by atoms with van der Waals surface area (Å²) in [7, 11) is 1.52. The molecule has 0 unspecified atom stereocenters. The van der Waals surface area contributed by atoms with Crippen LogP contribution in [0.3, 0.4) is 0 Å². The quantitative estimate of drug-likeness (QED) is 0.363. The summed E-state index contributed by atoms with van der Waals surface area (Å²) >= 11 is 0. The Morgan fingerprint density at radius 3 is 2.50 bits per heavy atom. The molecule has 0 aliphatic carbocycles. The molecule has 112 valence electrons. The molecule has 0 atom stereocenters. The average molecular weight is 295 g/mol. The Labute approximate surface area is 129 Å². The zero-order chi connectivity index (χ0) is 15.9. The third-order valence-electron chi connectivity index (χ3n) is 2.86. The monoisotopic (exact) mass is 295 g/mol. The molecule has 2 aromatic rings. The summed E-state index contributed by atoms with van der Waals surface area (Å²) in [6.45, 7) is 5.14. The van der Waals surface area contributed by atoms with E-state index in [9.17, 15) is 4.79 Å². The van der Waals surface area contributed by atoms with Crippen molar-refractivity contribution in [3.8, 4) is 11.5 Å². The molecule has 22 heavy (non-hydrogen) atoms. The molecule has 0 amide bonds.